The lowest BCUT2D eigenvalue weighted by Crippen LogP contribution is -2.31. The highest BCUT2D eigenvalue weighted by atomic mass is 35.5. The molecule has 1 aromatic carbocycles. The Bertz CT molecular complexity index is 607. The fourth-order valence-corrected chi connectivity index (χ4v) is 3.39. The maximum absolute atomic E-state index is 10.2. The Hall–Kier alpha value is -1.36. The molecule has 0 spiro atoms. The van der Waals surface area contributed by atoms with Gasteiger partial charge >= 0.3 is 0 Å². The molecule has 0 aliphatic heterocycles. The van der Waals surface area contributed by atoms with Crippen molar-refractivity contribution in [1.29, 1.82) is 0 Å². The number of hydrogen-bond donors (Lipinski definition) is 3. The third-order valence-corrected chi connectivity index (χ3v) is 4.68. The molecule has 1 fully saturated rings. The van der Waals surface area contributed by atoms with Gasteiger partial charge in [0, 0.05) is 29.2 Å². The molecule has 1 aromatic heterocycles. The topological polar surface area (TPSA) is 60.9 Å². The van der Waals surface area contributed by atoms with Crippen LogP contribution >= 0.6 is 11.6 Å². The number of aliphatic hydroxyl groups excluding tert-OH is 1. The van der Waals surface area contributed by atoms with Crippen molar-refractivity contribution in [1.82, 2.24) is 15.5 Å². The maximum atomic E-state index is 10.2. The number of rotatable bonds is 6. The molecule has 3 N–H and O–H groups in total. The molecular weight excluding hydrogens is 298 g/mol. The molecule has 0 amide bonds. The van der Waals surface area contributed by atoms with Crippen LogP contribution in [0.4, 0.5) is 0 Å². The summed E-state index contributed by atoms with van der Waals surface area (Å²) in [4.78, 5) is 0. The van der Waals surface area contributed by atoms with Crippen molar-refractivity contribution >= 4 is 11.6 Å². The molecular formula is C17H22ClN3O. The van der Waals surface area contributed by atoms with E-state index in [0.717, 1.165) is 29.7 Å². The number of nitrogens with one attached hydrogen (secondary N) is 2. The zero-order valence-corrected chi connectivity index (χ0v) is 13.3. The summed E-state index contributed by atoms with van der Waals surface area (Å²) in [6, 6.07) is 7.72. The molecule has 0 saturated heterocycles. The summed E-state index contributed by atoms with van der Waals surface area (Å²) in [5.74, 6) is 0.462. The predicted octanol–water partition coefficient (Wildman–Crippen LogP) is 3.37. The van der Waals surface area contributed by atoms with Crippen molar-refractivity contribution in [3.05, 3.63) is 41.0 Å². The minimum Gasteiger partial charge on any atom is -0.392 e. The highest BCUT2D eigenvalue weighted by Crippen LogP contribution is 2.27. The molecule has 1 heterocycles. The van der Waals surface area contributed by atoms with E-state index in [0.29, 0.717) is 24.0 Å². The second-order valence-electron chi connectivity index (χ2n) is 6.02. The minimum absolute atomic E-state index is 0.246. The van der Waals surface area contributed by atoms with Gasteiger partial charge in [-0.25, -0.2) is 0 Å². The van der Waals surface area contributed by atoms with Crippen LogP contribution in [0.2, 0.25) is 5.02 Å². The van der Waals surface area contributed by atoms with E-state index in [1.807, 2.05) is 30.5 Å². The Labute approximate surface area is 135 Å². The van der Waals surface area contributed by atoms with Crippen LogP contribution in [0.5, 0.6) is 0 Å². The molecule has 1 aliphatic carbocycles. The lowest BCUT2D eigenvalue weighted by molar-refractivity contribution is 0.109. The summed E-state index contributed by atoms with van der Waals surface area (Å²) in [6.07, 6.45) is 6.39. The third-order valence-electron chi connectivity index (χ3n) is 4.44. The quantitative estimate of drug-likeness (QED) is 0.765. The molecule has 118 valence electrons. The zero-order valence-electron chi connectivity index (χ0n) is 12.6. The second-order valence-corrected chi connectivity index (χ2v) is 6.46. The molecule has 1 unspecified atom stereocenters. The van der Waals surface area contributed by atoms with Crippen molar-refractivity contribution in [3.8, 4) is 11.3 Å². The Morgan fingerprint density at radius 3 is 2.95 bits per heavy atom. The fourth-order valence-electron chi connectivity index (χ4n) is 3.20. The molecule has 0 radical (unpaired) electrons. The van der Waals surface area contributed by atoms with Crippen LogP contribution in [0.1, 0.15) is 31.2 Å². The van der Waals surface area contributed by atoms with Gasteiger partial charge in [0.15, 0.2) is 0 Å². The molecule has 22 heavy (non-hydrogen) atoms. The first-order chi connectivity index (χ1) is 10.7. The van der Waals surface area contributed by atoms with E-state index in [-0.39, 0.29) is 6.10 Å². The van der Waals surface area contributed by atoms with Gasteiger partial charge in [0.05, 0.1) is 18.0 Å². The summed E-state index contributed by atoms with van der Waals surface area (Å²) in [5.41, 5.74) is 3.09. The molecule has 0 bridgehead atoms. The Morgan fingerprint density at radius 1 is 1.36 bits per heavy atom. The van der Waals surface area contributed by atoms with Crippen LogP contribution in [-0.4, -0.2) is 28.0 Å². The van der Waals surface area contributed by atoms with Crippen LogP contribution in [0.3, 0.4) is 0 Å². The van der Waals surface area contributed by atoms with Gasteiger partial charge < -0.3 is 10.4 Å². The number of H-pyrrole nitrogens is 1. The van der Waals surface area contributed by atoms with E-state index in [1.165, 1.54) is 12.8 Å². The van der Waals surface area contributed by atoms with Crippen molar-refractivity contribution in [2.24, 2.45) is 5.92 Å². The van der Waals surface area contributed by atoms with E-state index in [2.05, 4.69) is 15.5 Å². The van der Waals surface area contributed by atoms with Gasteiger partial charge in [0.1, 0.15) is 0 Å². The number of hydrogen-bond acceptors (Lipinski definition) is 3. The average Bonchev–Trinajstić information content (AvgIpc) is 3.19. The van der Waals surface area contributed by atoms with E-state index in [9.17, 15) is 5.11 Å². The number of aromatic amines is 1. The lowest BCUT2D eigenvalue weighted by Gasteiger charge is -2.18. The van der Waals surface area contributed by atoms with E-state index >= 15 is 0 Å². The number of aromatic nitrogens is 2. The maximum Gasteiger partial charge on any atom is 0.0695 e. The molecule has 1 aliphatic rings. The van der Waals surface area contributed by atoms with Gasteiger partial charge in [-0.15, -0.1) is 0 Å². The van der Waals surface area contributed by atoms with Gasteiger partial charge in [0.25, 0.3) is 0 Å². The van der Waals surface area contributed by atoms with Crippen molar-refractivity contribution in [3.63, 3.8) is 0 Å². The summed E-state index contributed by atoms with van der Waals surface area (Å²) in [5, 5.41) is 21.4. The fraction of sp³-hybridized carbons (Fsp3) is 0.471. The van der Waals surface area contributed by atoms with Crippen molar-refractivity contribution in [2.75, 3.05) is 6.54 Å². The highest BCUT2D eigenvalue weighted by Gasteiger charge is 2.22. The van der Waals surface area contributed by atoms with Gasteiger partial charge in [-0.3, -0.25) is 5.10 Å². The van der Waals surface area contributed by atoms with E-state index in [4.69, 9.17) is 11.6 Å². The standard InChI is InChI=1S/C17H22ClN3O/c18-15-7-3-6-13(8-15)17-14(10-20-21-17)9-19-11-16(22)12-4-1-2-5-12/h3,6-8,10,12,16,19,22H,1-2,4-5,9,11H2,(H,20,21). The molecule has 3 rings (SSSR count). The Balaban J connectivity index is 1.58. The first-order valence-electron chi connectivity index (χ1n) is 7.91. The monoisotopic (exact) mass is 319 g/mol. The van der Waals surface area contributed by atoms with Crippen molar-refractivity contribution in [2.45, 2.75) is 38.3 Å². The molecule has 5 heteroatoms. The molecule has 2 aromatic rings. The second kappa shape index (κ2) is 7.27. The number of aliphatic hydroxyl groups is 1. The first-order valence-corrected chi connectivity index (χ1v) is 8.29. The van der Waals surface area contributed by atoms with Gasteiger partial charge in [0.2, 0.25) is 0 Å². The lowest BCUT2D eigenvalue weighted by atomic mass is 10.0. The first kappa shape index (κ1) is 15.5. The molecule has 4 nitrogen and oxygen atoms in total. The van der Waals surface area contributed by atoms with Crippen LogP contribution in [0, 0.1) is 5.92 Å². The van der Waals surface area contributed by atoms with Gasteiger partial charge in [-0.2, -0.15) is 5.10 Å². The van der Waals surface area contributed by atoms with E-state index in [1.54, 1.807) is 0 Å². The largest absolute Gasteiger partial charge is 0.392 e. The molecule has 1 saturated carbocycles. The van der Waals surface area contributed by atoms with Gasteiger partial charge in [-0.05, 0) is 30.9 Å². The third kappa shape index (κ3) is 3.69. The summed E-state index contributed by atoms with van der Waals surface area (Å²) < 4.78 is 0. The SMILES string of the molecule is OC(CNCc1cn[nH]c1-c1cccc(Cl)c1)C1CCCC1. The summed E-state index contributed by atoms with van der Waals surface area (Å²) in [6.45, 7) is 1.31. The zero-order chi connectivity index (χ0) is 15.4. The number of benzene rings is 1. The number of halogens is 1. The molecule has 1 atom stereocenters. The van der Waals surface area contributed by atoms with Crippen LogP contribution < -0.4 is 5.32 Å². The predicted molar refractivity (Wildman–Crippen MR) is 88.7 cm³/mol. The smallest absolute Gasteiger partial charge is 0.0695 e. The van der Waals surface area contributed by atoms with Crippen LogP contribution in [0.25, 0.3) is 11.3 Å². The Kier molecular flexibility index (Phi) is 5.13. The highest BCUT2D eigenvalue weighted by molar-refractivity contribution is 6.30. The van der Waals surface area contributed by atoms with Crippen LogP contribution in [-0.2, 0) is 6.54 Å². The van der Waals surface area contributed by atoms with E-state index < -0.39 is 0 Å². The van der Waals surface area contributed by atoms with Crippen molar-refractivity contribution < 1.29 is 5.11 Å². The van der Waals surface area contributed by atoms with Crippen LogP contribution in [0.15, 0.2) is 30.5 Å². The summed E-state index contributed by atoms with van der Waals surface area (Å²) in [7, 11) is 0. The van der Waals surface area contributed by atoms with Gasteiger partial charge in [-0.1, -0.05) is 36.6 Å². The minimum atomic E-state index is -0.246. The summed E-state index contributed by atoms with van der Waals surface area (Å²) >= 11 is 6.05. The average molecular weight is 320 g/mol. The number of nitrogens with zero attached hydrogens (tertiary/aromatic N) is 1. The Morgan fingerprint density at radius 2 is 2.18 bits per heavy atom. The normalized spacial score (nSPS) is 17.0.